The maximum Gasteiger partial charge on any atom is 0.0640 e. The van der Waals surface area contributed by atoms with E-state index in [0.717, 1.165) is 12.2 Å². The van der Waals surface area contributed by atoms with Crippen LogP contribution in [0, 0.1) is 0 Å². The summed E-state index contributed by atoms with van der Waals surface area (Å²) in [5.41, 5.74) is 7.69. The van der Waals surface area contributed by atoms with E-state index in [1.165, 1.54) is 5.56 Å². The zero-order chi connectivity index (χ0) is 12.7. The summed E-state index contributed by atoms with van der Waals surface area (Å²) in [7, 11) is 5.48. The lowest BCUT2D eigenvalue weighted by Crippen LogP contribution is -2.38. The lowest BCUT2D eigenvalue weighted by Gasteiger charge is -2.26. The van der Waals surface area contributed by atoms with Gasteiger partial charge in [-0.25, -0.2) is 0 Å². The standard InChI is InChI=1S/C13H22N2O2/c1-15(13(9-16-2)10-17-3)8-11-4-6-12(14)7-5-11/h4-7,13H,8-10,14H2,1-3H3. The van der Waals surface area contributed by atoms with Crippen LogP contribution >= 0.6 is 0 Å². The molecule has 0 aliphatic carbocycles. The van der Waals surface area contributed by atoms with E-state index < -0.39 is 0 Å². The van der Waals surface area contributed by atoms with Gasteiger partial charge in [0.1, 0.15) is 0 Å². The second-order valence-electron chi connectivity index (χ2n) is 4.22. The van der Waals surface area contributed by atoms with Crippen LogP contribution in [-0.4, -0.2) is 45.4 Å². The lowest BCUT2D eigenvalue weighted by atomic mass is 10.2. The van der Waals surface area contributed by atoms with Crippen LogP contribution in [0.5, 0.6) is 0 Å². The summed E-state index contributed by atoms with van der Waals surface area (Å²) < 4.78 is 10.4. The van der Waals surface area contributed by atoms with E-state index >= 15 is 0 Å². The molecule has 0 bridgehead atoms. The zero-order valence-electron chi connectivity index (χ0n) is 10.8. The van der Waals surface area contributed by atoms with Crippen molar-refractivity contribution in [3.8, 4) is 0 Å². The molecule has 0 atom stereocenters. The second-order valence-corrected chi connectivity index (χ2v) is 4.22. The van der Waals surface area contributed by atoms with E-state index in [1.54, 1.807) is 14.2 Å². The third-order valence-electron chi connectivity index (χ3n) is 2.75. The Morgan fingerprint density at radius 1 is 1.12 bits per heavy atom. The molecule has 1 rings (SSSR count). The Hall–Kier alpha value is -1.10. The van der Waals surface area contributed by atoms with Crippen LogP contribution in [0.25, 0.3) is 0 Å². The predicted octanol–water partition coefficient (Wildman–Crippen LogP) is 1.36. The number of hydrogen-bond donors (Lipinski definition) is 1. The number of nitrogens with two attached hydrogens (primary N) is 1. The Bertz CT molecular complexity index is 308. The molecular weight excluding hydrogens is 216 g/mol. The third-order valence-corrected chi connectivity index (χ3v) is 2.75. The second kappa shape index (κ2) is 7.27. The van der Waals surface area contributed by atoms with E-state index in [4.69, 9.17) is 15.2 Å². The first kappa shape index (κ1) is 14.0. The molecule has 0 amide bonds. The van der Waals surface area contributed by atoms with Crippen molar-refractivity contribution in [1.82, 2.24) is 4.90 Å². The van der Waals surface area contributed by atoms with E-state index in [9.17, 15) is 0 Å². The third kappa shape index (κ3) is 4.73. The molecule has 0 aliphatic rings. The number of benzene rings is 1. The average molecular weight is 238 g/mol. The quantitative estimate of drug-likeness (QED) is 0.729. The summed E-state index contributed by atoms with van der Waals surface area (Å²) in [6.07, 6.45) is 0. The monoisotopic (exact) mass is 238 g/mol. The molecule has 0 unspecified atom stereocenters. The number of methoxy groups -OCH3 is 2. The summed E-state index contributed by atoms with van der Waals surface area (Å²) in [6.45, 7) is 2.19. The van der Waals surface area contributed by atoms with Gasteiger partial charge in [-0.2, -0.15) is 0 Å². The molecule has 96 valence electrons. The SMILES string of the molecule is COCC(COC)N(C)Cc1ccc(N)cc1. The van der Waals surface area contributed by atoms with Crippen molar-refractivity contribution >= 4 is 5.69 Å². The van der Waals surface area contributed by atoms with Gasteiger partial charge in [0.05, 0.1) is 19.3 Å². The van der Waals surface area contributed by atoms with Crippen molar-refractivity contribution in [3.05, 3.63) is 29.8 Å². The van der Waals surface area contributed by atoms with Crippen LogP contribution in [-0.2, 0) is 16.0 Å². The molecule has 17 heavy (non-hydrogen) atoms. The van der Waals surface area contributed by atoms with Gasteiger partial charge in [-0.15, -0.1) is 0 Å². The number of nitrogen functional groups attached to an aromatic ring is 1. The van der Waals surface area contributed by atoms with Crippen LogP contribution in [0.1, 0.15) is 5.56 Å². The maximum atomic E-state index is 5.66. The minimum absolute atomic E-state index is 0.266. The fourth-order valence-electron chi connectivity index (χ4n) is 1.73. The van der Waals surface area contributed by atoms with E-state index in [2.05, 4.69) is 11.9 Å². The van der Waals surface area contributed by atoms with Crippen LogP contribution in [0.2, 0.25) is 0 Å². The predicted molar refractivity (Wildman–Crippen MR) is 69.9 cm³/mol. The zero-order valence-corrected chi connectivity index (χ0v) is 10.8. The van der Waals surface area contributed by atoms with Gasteiger partial charge in [0.25, 0.3) is 0 Å². The van der Waals surface area contributed by atoms with Crippen molar-refractivity contribution in [3.63, 3.8) is 0 Å². The van der Waals surface area contributed by atoms with Crippen molar-refractivity contribution in [1.29, 1.82) is 0 Å². The Kier molecular flexibility index (Phi) is 5.97. The first-order valence-corrected chi connectivity index (χ1v) is 5.70. The first-order valence-electron chi connectivity index (χ1n) is 5.70. The topological polar surface area (TPSA) is 47.7 Å². The number of ether oxygens (including phenoxy) is 2. The maximum absolute atomic E-state index is 5.66. The Labute approximate surface area is 103 Å². The number of anilines is 1. The van der Waals surface area contributed by atoms with Crippen molar-refractivity contribution < 1.29 is 9.47 Å². The molecule has 0 fully saturated rings. The normalized spacial score (nSPS) is 11.4. The molecule has 1 aromatic carbocycles. The Morgan fingerprint density at radius 2 is 1.65 bits per heavy atom. The smallest absolute Gasteiger partial charge is 0.0640 e. The molecule has 4 nitrogen and oxygen atoms in total. The molecule has 4 heteroatoms. The van der Waals surface area contributed by atoms with E-state index in [-0.39, 0.29) is 6.04 Å². The molecule has 0 spiro atoms. The fraction of sp³-hybridized carbons (Fsp3) is 0.538. The summed E-state index contributed by atoms with van der Waals surface area (Å²) in [5, 5.41) is 0. The van der Waals surface area contributed by atoms with Gasteiger partial charge in [0.2, 0.25) is 0 Å². The van der Waals surface area contributed by atoms with Crippen molar-refractivity contribution in [2.24, 2.45) is 0 Å². The highest BCUT2D eigenvalue weighted by Gasteiger charge is 2.14. The largest absolute Gasteiger partial charge is 0.399 e. The van der Waals surface area contributed by atoms with E-state index in [1.807, 2.05) is 24.3 Å². The van der Waals surface area contributed by atoms with Gasteiger partial charge in [0, 0.05) is 26.5 Å². The summed E-state index contributed by atoms with van der Waals surface area (Å²) in [4.78, 5) is 2.22. The number of rotatable bonds is 7. The van der Waals surface area contributed by atoms with Gasteiger partial charge >= 0.3 is 0 Å². The van der Waals surface area contributed by atoms with Crippen LogP contribution in [0.4, 0.5) is 5.69 Å². The lowest BCUT2D eigenvalue weighted by molar-refractivity contribution is 0.0448. The van der Waals surface area contributed by atoms with Gasteiger partial charge < -0.3 is 15.2 Å². The fourth-order valence-corrected chi connectivity index (χ4v) is 1.73. The van der Waals surface area contributed by atoms with Crippen molar-refractivity contribution in [2.75, 3.05) is 40.2 Å². The van der Waals surface area contributed by atoms with E-state index in [0.29, 0.717) is 13.2 Å². The highest BCUT2D eigenvalue weighted by molar-refractivity contribution is 5.39. The van der Waals surface area contributed by atoms with Gasteiger partial charge in [0.15, 0.2) is 0 Å². The van der Waals surface area contributed by atoms with Gasteiger partial charge in [-0.05, 0) is 24.7 Å². The number of likely N-dealkylation sites (N-methyl/N-ethyl adjacent to an activating group) is 1. The highest BCUT2D eigenvalue weighted by Crippen LogP contribution is 2.10. The molecule has 1 aromatic rings. The van der Waals surface area contributed by atoms with Gasteiger partial charge in [-0.1, -0.05) is 12.1 Å². The number of hydrogen-bond acceptors (Lipinski definition) is 4. The molecule has 0 aromatic heterocycles. The molecule has 0 heterocycles. The summed E-state index contributed by atoms with van der Waals surface area (Å²) in [5.74, 6) is 0. The minimum atomic E-state index is 0.266. The molecular formula is C13H22N2O2. The van der Waals surface area contributed by atoms with Crippen LogP contribution in [0.15, 0.2) is 24.3 Å². The summed E-state index contributed by atoms with van der Waals surface area (Å²) in [6, 6.07) is 8.20. The molecule has 0 saturated carbocycles. The summed E-state index contributed by atoms with van der Waals surface area (Å²) >= 11 is 0. The molecule has 0 radical (unpaired) electrons. The molecule has 2 N–H and O–H groups in total. The molecule has 0 saturated heterocycles. The minimum Gasteiger partial charge on any atom is -0.399 e. The highest BCUT2D eigenvalue weighted by atomic mass is 16.5. The Balaban J connectivity index is 2.55. The van der Waals surface area contributed by atoms with Crippen LogP contribution < -0.4 is 5.73 Å². The molecule has 0 aliphatic heterocycles. The average Bonchev–Trinajstić information content (AvgIpc) is 2.32. The number of nitrogens with zero attached hydrogens (tertiary/aromatic N) is 1. The Morgan fingerprint density at radius 3 is 2.12 bits per heavy atom. The van der Waals surface area contributed by atoms with Crippen molar-refractivity contribution in [2.45, 2.75) is 12.6 Å². The van der Waals surface area contributed by atoms with Crippen LogP contribution in [0.3, 0.4) is 0 Å². The van der Waals surface area contributed by atoms with Gasteiger partial charge in [-0.3, -0.25) is 4.90 Å². The first-order chi connectivity index (χ1) is 8.17.